The summed E-state index contributed by atoms with van der Waals surface area (Å²) in [4.78, 5) is 39.1. The molecule has 5 aliphatic rings. The number of esters is 1. The molecule has 5 fully saturated rings. The lowest BCUT2D eigenvalue weighted by Gasteiger charge is -2.64. The standard InChI is InChI=1S/C33H44O6/c1-20(34)24-12-13-25-29-26(39-31(36)21-9-5-4-6-10-21)18-22-17-23(35)14-15-32(22,2)30(29)27(19-33(24,25)3)38-28-11-7-8-16-37-28/h4-6,9-10,22,24-30H,7-8,11-19H2,1-3H3/t22-,24+,25-,26+,27+,28-,29+,30-,32-,33+/m0/s1. The number of carbonyl (C=O) groups is 3. The maximum atomic E-state index is 13.4. The van der Waals surface area contributed by atoms with Crippen molar-refractivity contribution in [1.29, 1.82) is 0 Å². The summed E-state index contributed by atoms with van der Waals surface area (Å²) in [5, 5.41) is 0. The largest absolute Gasteiger partial charge is 0.458 e. The first-order valence-electron chi connectivity index (χ1n) is 15.3. The van der Waals surface area contributed by atoms with Crippen LogP contribution in [-0.2, 0) is 23.8 Å². The van der Waals surface area contributed by atoms with E-state index in [1.54, 1.807) is 19.1 Å². The normalized spacial score (nSPS) is 43.6. The second kappa shape index (κ2) is 10.4. The number of Topliss-reactive ketones (excluding diaryl/α,β-unsaturated/α-hetero) is 2. The zero-order chi connectivity index (χ0) is 27.4. The van der Waals surface area contributed by atoms with Crippen molar-refractivity contribution in [3.63, 3.8) is 0 Å². The Bertz CT molecular complexity index is 1090. The smallest absolute Gasteiger partial charge is 0.338 e. The maximum absolute atomic E-state index is 13.4. The summed E-state index contributed by atoms with van der Waals surface area (Å²) in [6.45, 7) is 7.12. The fourth-order valence-corrected chi connectivity index (χ4v) is 9.78. The van der Waals surface area contributed by atoms with Crippen LogP contribution in [0.15, 0.2) is 30.3 Å². The van der Waals surface area contributed by atoms with Gasteiger partial charge in [-0.1, -0.05) is 32.0 Å². The summed E-state index contributed by atoms with van der Waals surface area (Å²) < 4.78 is 19.5. The molecule has 1 aromatic rings. The van der Waals surface area contributed by atoms with Gasteiger partial charge in [0.2, 0.25) is 0 Å². The Morgan fingerprint density at radius 3 is 2.51 bits per heavy atom. The molecule has 6 rings (SSSR count). The molecule has 0 amide bonds. The van der Waals surface area contributed by atoms with E-state index in [4.69, 9.17) is 14.2 Å². The van der Waals surface area contributed by atoms with Gasteiger partial charge in [-0.3, -0.25) is 9.59 Å². The number of ether oxygens (including phenoxy) is 3. The minimum Gasteiger partial charge on any atom is -0.458 e. The van der Waals surface area contributed by atoms with Crippen LogP contribution in [0.5, 0.6) is 0 Å². The Balaban J connectivity index is 1.41. The lowest BCUT2D eigenvalue weighted by atomic mass is 9.43. The summed E-state index contributed by atoms with van der Waals surface area (Å²) in [6, 6.07) is 9.22. The van der Waals surface area contributed by atoms with Gasteiger partial charge in [-0.25, -0.2) is 4.79 Å². The second-order valence-corrected chi connectivity index (χ2v) is 13.6. The first-order chi connectivity index (χ1) is 18.7. The Kier molecular flexibility index (Phi) is 7.24. The van der Waals surface area contributed by atoms with Gasteiger partial charge in [-0.15, -0.1) is 0 Å². The molecule has 212 valence electrons. The topological polar surface area (TPSA) is 78.9 Å². The summed E-state index contributed by atoms with van der Waals surface area (Å²) >= 11 is 0. The zero-order valence-electron chi connectivity index (χ0n) is 23.7. The van der Waals surface area contributed by atoms with Gasteiger partial charge in [0.05, 0.1) is 11.7 Å². The highest BCUT2D eigenvalue weighted by Gasteiger charge is 2.67. The predicted octanol–water partition coefficient (Wildman–Crippen LogP) is 6.16. The number of hydrogen-bond donors (Lipinski definition) is 0. The van der Waals surface area contributed by atoms with E-state index < -0.39 is 0 Å². The predicted molar refractivity (Wildman–Crippen MR) is 146 cm³/mol. The Morgan fingerprint density at radius 1 is 1.00 bits per heavy atom. The van der Waals surface area contributed by atoms with Crippen molar-refractivity contribution in [3.8, 4) is 0 Å². The van der Waals surface area contributed by atoms with Crippen molar-refractivity contribution in [2.75, 3.05) is 6.61 Å². The third kappa shape index (κ3) is 4.69. The van der Waals surface area contributed by atoms with Crippen molar-refractivity contribution in [1.82, 2.24) is 0 Å². The van der Waals surface area contributed by atoms with E-state index in [0.29, 0.717) is 37.2 Å². The Hall–Kier alpha value is -2.05. The molecule has 0 radical (unpaired) electrons. The lowest BCUT2D eigenvalue weighted by Crippen LogP contribution is -2.64. The SMILES string of the molecule is CC(=O)[C@H]1CC[C@H]2[C@H]3[C@H]([C@H](O[C@H]4CCCCO4)C[C@]12C)[C@@]1(C)CCC(=O)C[C@H]1C[C@H]3OC(=O)c1ccccc1. The lowest BCUT2D eigenvalue weighted by molar-refractivity contribution is -0.265. The van der Waals surface area contributed by atoms with E-state index >= 15 is 0 Å². The average molecular weight is 537 g/mol. The van der Waals surface area contributed by atoms with Crippen LogP contribution < -0.4 is 0 Å². The van der Waals surface area contributed by atoms with Gasteiger partial charge in [0.15, 0.2) is 6.29 Å². The van der Waals surface area contributed by atoms with Crippen LogP contribution in [0.4, 0.5) is 0 Å². The first-order valence-corrected chi connectivity index (χ1v) is 15.3. The van der Waals surface area contributed by atoms with Crippen molar-refractivity contribution in [3.05, 3.63) is 35.9 Å². The van der Waals surface area contributed by atoms with Crippen molar-refractivity contribution in [2.45, 2.75) is 103 Å². The quantitative estimate of drug-likeness (QED) is 0.420. The highest BCUT2D eigenvalue weighted by atomic mass is 16.7. The van der Waals surface area contributed by atoms with Gasteiger partial charge in [0.1, 0.15) is 17.7 Å². The molecule has 0 bridgehead atoms. The number of ketones is 2. The van der Waals surface area contributed by atoms with E-state index in [9.17, 15) is 14.4 Å². The molecular weight excluding hydrogens is 492 g/mol. The van der Waals surface area contributed by atoms with Crippen LogP contribution in [0.25, 0.3) is 0 Å². The number of benzene rings is 1. The molecule has 1 saturated heterocycles. The van der Waals surface area contributed by atoms with Gasteiger partial charge in [-0.2, -0.15) is 0 Å². The summed E-state index contributed by atoms with van der Waals surface area (Å²) in [7, 11) is 0. The first kappa shape index (κ1) is 27.1. The molecule has 6 nitrogen and oxygen atoms in total. The number of carbonyl (C=O) groups excluding carboxylic acids is 3. The van der Waals surface area contributed by atoms with Gasteiger partial charge in [0.25, 0.3) is 0 Å². The maximum Gasteiger partial charge on any atom is 0.338 e. The fraction of sp³-hybridized carbons (Fsp3) is 0.727. The fourth-order valence-electron chi connectivity index (χ4n) is 9.78. The van der Waals surface area contributed by atoms with Crippen molar-refractivity contribution in [2.24, 2.45) is 40.4 Å². The number of rotatable bonds is 5. The van der Waals surface area contributed by atoms with Gasteiger partial charge >= 0.3 is 5.97 Å². The Labute approximate surface area is 232 Å². The molecule has 0 N–H and O–H groups in total. The van der Waals surface area contributed by atoms with E-state index in [1.807, 2.05) is 18.2 Å². The van der Waals surface area contributed by atoms with Crippen LogP contribution in [0.2, 0.25) is 0 Å². The van der Waals surface area contributed by atoms with E-state index in [2.05, 4.69) is 13.8 Å². The zero-order valence-corrected chi connectivity index (χ0v) is 23.7. The second-order valence-electron chi connectivity index (χ2n) is 13.6. The van der Waals surface area contributed by atoms with E-state index in [-0.39, 0.29) is 70.7 Å². The van der Waals surface area contributed by atoms with Crippen LogP contribution in [-0.4, -0.2) is 42.6 Å². The molecule has 0 spiro atoms. The third-order valence-corrected chi connectivity index (χ3v) is 11.6. The van der Waals surface area contributed by atoms with E-state index in [0.717, 1.165) is 44.9 Å². The molecule has 1 heterocycles. The molecule has 4 saturated carbocycles. The molecule has 1 aromatic carbocycles. The molecule has 4 aliphatic carbocycles. The van der Waals surface area contributed by atoms with E-state index in [1.165, 1.54) is 0 Å². The number of fused-ring (bicyclic) bond motifs is 5. The minimum absolute atomic E-state index is 0.00855. The van der Waals surface area contributed by atoms with Crippen LogP contribution in [0, 0.1) is 40.4 Å². The highest BCUT2D eigenvalue weighted by Crippen LogP contribution is 2.68. The summed E-state index contributed by atoms with van der Waals surface area (Å²) in [5.74, 6) is 0.921. The molecule has 6 heteroatoms. The van der Waals surface area contributed by atoms with Crippen LogP contribution >= 0.6 is 0 Å². The molecule has 0 aromatic heterocycles. The third-order valence-electron chi connectivity index (χ3n) is 11.6. The minimum atomic E-state index is -0.305. The van der Waals surface area contributed by atoms with Gasteiger partial charge in [0, 0.05) is 31.3 Å². The monoisotopic (exact) mass is 536 g/mol. The van der Waals surface area contributed by atoms with Crippen LogP contribution in [0.1, 0.15) is 95.3 Å². The van der Waals surface area contributed by atoms with Crippen molar-refractivity contribution < 1.29 is 28.6 Å². The number of hydrogen-bond acceptors (Lipinski definition) is 6. The molecule has 39 heavy (non-hydrogen) atoms. The molecular formula is C33H44O6. The molecule has 10 atom stereocenters. The van der Waals surface area contributed by atoms with Crippen LogP contribution in [0.3, 0.4) is 0 Å². The summed E-state index contributed by atoms with van der Waals surface area (Å²) in [6.07, 6.45) is 7.76. The average Bonchev–Trinajstić information content (AvgIpc) is 3.27. The molecule has 0 unspecified atom stereocenters. The van der Waals surface area contributed by atoms with Gasteiger partial charge < -0.3 is 14.2 Å². The summed E-state index contributed by atoms with van der Waals surface area (Å²) in [5.41, 5.74) is 0.262. The Morgan fingerprint density at radius 2 is 1.79 bits per heavy atom. The van der Waals surface area contributed by atoms with Gasteiger partial charge in [-0.05, 0) is 99.0 Å². The molecule has 1 aliphatic heterocycles. The van der Waals surface area contributed by atoms with Crippen molar-refractivity contribution >= 4 is 17.5 Å². The highest BCUT2D eigenvalue weighted by molar-refractivity contribution is 5.89.